The van der Waals surface area contributed by atoms with Crippen LogP contribution in [0.4, 0.5) is 5.95 Å². The molecule has 1 heterocycles. The van der Waals surface area contributed by atoms with Crippen molar-refractivity contribution in [1.29, 1.82) is 0 Å². The molecule has 0 unspecified atom stereocenters. The fourth-order valence-corrected chi connectivity index (χ4v) is 1.34. The van der Waals surface area contributed by atoms with Gasteiger partial charge in [0, 0.05) is 19.8 Å². The first-order valence-corrected chi connectivity index (χ1v) is 6.50. The van der Waals surface area contributed by atoms with Gasteiger partial charge in [-0.25, -0.2) is 0 Å². The van der Waals surface area contributed by atoms with E-state index in [0.717, 1.165) is 19.4 Å². The van der Waals surface area contributed by atoms with Gasteiger partial charge in [0.2, 0.25) is 11.2 Å². The van der Waals surface area contributed by atoms with E-state index >= 15 is 0 Å². The molecule has 1 aromatic rings. The number of hydrogen-bond donors (Lipinski definition) is 1. The van der Waals surface area contributed by atoms with Gasteiger partial charge < -0.3 is 14.8 Å². The molecule has 0 atom stereocenters. The fraction of sp³-hybridized carbons (Fsp3) is 0.727. The maximum absolute atomic E-state index is 5.78. The second-order valence-electron chi connectivity index (χ2n) is 3.54. The van der Waals surface area contributed by atoms with Crippen LogP contribution in [0.3, 0.4) is 0 Å². The van der Waals surface area contributed by atoms with Crippen LogP contribution in [0.5, 0.6) is 6.01 Å². The highest BCUT2D eigenvalue weighted by Crippen LogP contribution is 2.11. The molecule has 0 saturated carbocycles. The van der Waals surface area contributed by atoms with E-state index in [9.17, 15) is 0 Å². The Balaban J connectivity index is 2.41. The SMILES string of the molecule is CCCOc1nc(Cl)nc(NCCCOCC)n1. The Bertz CT molecular complexity index is 352. The predicted molar refractivity (Wildman–Crippen MR) is 70.2 cm³/mol. The second kappa shape index (κ2) is 8.88. The zero-order valence-electron chi connectivity index (χ0n) is 10.8. The molecule has 0 aromatic carbocycles. The summed E-state index contributed by atoms with van der Waals surface area (Å²) in [6, 6.07) is 0.254. The van der Waals surface area contributed by atoms with Crippen molar-refractivity contribution < 1.29 is 9.47 Å². The smallest absolute Gasteiger partial charge is 0.322 e. The molecule has 0 saturated heterocycles. The van der Waals surface area contributed by atoms with E-state index in [4.69, 9.17) is 21.1 Å². The zero-order valence-corrected chi connectivity index (χ0v) is 11.5. The standard InChI is InChI=1S/C11H19ClN4O2/c1-3-7-18-11-15-9(12)14-10(16-11)13-6-5-8-17-4-2/h3-8H2,1-2H3,(H,13,14,15,16). The molecule has 1 N–H and O–H groups in total. The van der Waals surface area contributed by atoms with Crippen molar-refractivity contribution in [3.05, 3.63) is 5.28 Å². The molecule has 0 aliphatic rings. The Morgan fingerprint density at radius 3 is 2.72 bits per heavy atom. The average molecular weight is 275 g/mol. The number of nitrogens with zero attached hydrogens (tertiary/aromatic N) is 3. The maximum Gasteiger partial charge on any atom is 0.322 e. The van der Waals surface area contributed by atoms with Crippen molar-refractivity contribution in [2.24, 2.45) is 0 Å². The highest BCUT2D eigenvalue weighted by Gasteiger charge is 2.05. The summed E-state index contributed by atoms with van der Waals surface area (Å²) < 4.78 is 10.5. The highest BCUT2D eigenvalue weighted by molar-refractivity contribution is 6.28. The van der Waals surface area contributed by atoms with Crippen LogP contribution in [-0.2, 0) is 4.74 Å². The average Bonchev–Trinajstić information content (AvgIpc) is 2.35. The first kappa shape index (κ1) is 14.9. The summed E-state index contributed by atoms with van der Waals surface area (Å²) in [6.07, 6.45) is 1.77. The summed E-state index contributed by atoms with van der Waals surface area (Å²) in [4.78, 5) is 12.0. The molecule has 18 heavy (non-hydrogen) atoms. The van der Waals surface area contributed by atoms with Gasteiger partial charge in [-0.05, 0) is 31.4 Å². The van der Waals surface area contributed by atoms with Crippen molar-refractivity contribution in [2.75, 3.05) is 31.7 Å². The largest absolute Gasteiger partial charge is 0.463 e. The van der Waals surface area contributed by atoms with Gasteiger partial charge in [-0.3, -0.25) is 0 Å². The molecule has 102 valence electrons. The number of hydrogen-bond acceptors (Lipinski definition) is 6. The molecule has 7 heteroatoms. The van der Waals surface area contributed by atoms with Crippen LogP contribution in [0.25, 0.3) is 0 Å². The van der Waals surface area contributed by atoms with Gasteiger partial charge in [-0.2, -0.15) is 15.0 Å². The van der Waals surface area contributed by atoms with Crippen LogP contribution in [-0.4, -0.2) is 41.3 Å². The molecule has 6 nitrogen and oxygen atoms in total. The Hall–Kier alpha value is -1.14. The Labute approximate surface area is 112 Å². The minimum Gasteiger partial charge on any atom is -0.463 e. The maximum atomic E-state index is 5.78. The fourth-order valence-electron chi connectivity index (χ4n) is 1.19. The molecule has 0 fully saturated rings. The van der Waals surface area contributed by atoms with Crippen LogP contribution in [0.1, 0.15) is 26.7 Å². The molecular formula is C11H19ClN4O2. The van der Waals surface area contributed by atoms with E-state index in [2.05, 4.69) is 20.3 Å². The van der Waals surface area contributed by atoms with Gasteiger partial charge in [0.25, 0.3) is 0 Å². The van der Waals surface area contributed by atoms with E-state index < -0.39 is 0 Å². The Kier molecular flexibility index (Phi) is 7.36. The minimum atomic E-state index is 0.128. The molecular weight excluding hydrogens is 256 g/mol. The first-order valence-electron chi connectivity index (χ1n) is 6.12. The molecule has 1 rings (SSSR count). The molecule has 0 spiro atoms. The third-order valence-corrected chi connectivity index (χ3v) is 2.14. The summed E-state index contributed by atoms with van der Waals surface area (Å²) in [6.45, 7) is 6.69. The number of nitrogens with one attached hydrogen (secondary N) is 1. The third kappa shape index (κ3) is 5.97. The lowest BCUT2D eigenvalue weighted by Gasteiger charge is -2.07. The first-order chi connectivity index (χ1) is 8.76. The number of rotatable bonds is 9. The lowest BCUT2D eigenvalue weighted by atomic mass is 10.4. The lowest BCUT2D eigenvalue weighted by molar-refractivity contribution is 0.147. The molecule has 0 amide bonds. The minimum absolute atomic E-state index is 0.128. The van der Waals surface area contributed by atoms with E-state index in [1.165, 1.54) is 0 Å². The molecule has 0 bridgehead atoms. The van der Waals surface area contributed by atoms with Crippen LogP contribution >= 0.6 is 11.6 Å². The molecule has 0 radical (unpaired) electrons. The number of aromatic nitrogens is 3. The summed E-state index contributed by atoms with van der Waals surface area (Å²) in [5.41, 5.74) is 0. The summed E-state index contributed by atoms with van der Waals surface area (Å²) in [5, 5.41) is 3.18. The van der Waals surface area contributed by atoms with E-state index in [1.54, 1.807) is 0 Å². The van der Waals surface area contributed by atoms with E-state index in [1.807, 2.05) is 13.8 Å². The van der Waals surface area contributed by atoms with Gasteiger partial charge in [0.1, 0.15) is 0 Å². The van der Waals surface area contributed by atoms with Crippen LogP contribution in [0.2, 0.25) is 5.28 Å². The number of ether oxygens (including phenoxy) is 2. The van der Waals surface area contributed by atoms with E-state index in [0.29, 0.717) is 25.7 Å². The van der Waals surface area contributed by atoms with Crippen molar-refractivity contribution in [3.63, 3.8) is 0 Å². The van der Waals surface area contributed by atoms with Gasteiger partial charge in [-0.15, -0.1) is 0 Å². The number of halogens is 1. The second-order valence-corrected chi connectivity index (χ2v) is 3.87. The monoisotopic (exact) mass is 274 g/mol. The summed E-state index contributed by atoms with van der Waals surface area (Å²) in [7, 11) is 0. The van der Waals surface area contributed by atoms with Gasteiger partial charge >= 0.3 is 6.01 Å². The quantitative estimate of drug-likeness (QED) is 0.696. The predicted octanol–water partition coefficient (Wildman–Crippen LogP) is 2.15. The molecule has 0 aliphatic carbocycles. The lowest BCUT2D eigenvalue weighted by Crippen LogP contribution is -2.10. The van der Waals surface area contributed by atoms with Crippen LogP contribution < -0.4 is 10.1 Å². The van der Waals surface area contributed by atoms with Gasteiger partial charge in [0.05, 0.1) is 6.61 Å². The normalized spacial score (nSPS) is 10.4. The van der Waals surface area contributed by atoms with Crippen molar-refractivity contribution in [1.82, 2.24) is 15.0 Å². The Morgan fingerprint density at radius 1 is 1.17 bits per heavy atom. The van der Waals surface area contributed by atoms with Crippen molar-refractivity contribution in [3.8, 4) is 6.01 Å². The number of anilines is 1. The van der Waals surface area contributed by atoms with Crippen LogP contribution in [0.15, 0.2) is 0 Å². The molecule has 0 aliphatic heterocycles. The topological polar surface area (TPSA) is 69.2 Å². The van der Waals surface area contributed by atoms with E-state index in [-0.39, 0.29) is 11.3 Å². The van der Waals surface area contributed by atoms with Crippen molar-refractivity contribution >= 4 is 17.5 Å². The van der Waals surface area contributed by atoms with Gasteiger partial charge in [0.15, 0.2) is 0 Å². The summed E-state index contributed by atoms with van der Waals surface area (Å²) in [5.74, 6) is 0.428. The van der Waals surface area contributed by atoms with Crippen LogP contribution in [0, 0.1) is 0 Å². The summed E-state index contributed by atoms with van der Waals surface area (Å²) >= 11 is 5.78. The third-order valence-electron chi connectivity index (χ3n) is 1.98. The molecule has 1 aromatic heterocycles. The Morgan fingerprint density at radius 2 is 2.00 bits per heavy atom. The van der Waals surface area contributed by atoms with Gasteiger partial charge in [-0.1, -0.05) is 6.92 Å². The zero-order chi connectivity index (χ0) is 13.2. The van der Waals surface area contributed by atoms with Crippen molar-refractivity contribution in [2.45, 2.75) is 26.7 Å². The highest BCUT2D eigenvalue weighted by atomic mass is 35.5.